The van der Waals surface area contributed by atoms with Crippen molar-refractivity contribution in [1.29, 1.82) is 0 Å². The molecule has 0 aromatic carbocycles. The van der Waals surface area contributed by atoms with Crippen LogP contribution in [-0.4, -0.2) is 30.8 Å². The Morgan fingerprint density at radius 3 is 2.00 bits per heavy atom. The average molecular weight is 168 g/mol. The van der Waals surface area contributed by atoms with Gasteiger partial charge in [-0.25, -0.2) is 0 Å². The summed E-state index contributed by atoms with van der Waals surface area (Å²) in [7, 11) is -3.97. The largest absolute Gasteiger partial charge is 0.327 e. The minimum atomic E-state index is -3.97. The van der Waals surface area contributed by atoms with Crippen molar-refractivity contribution < 1.29 is 13.0 Å². The van der Waals surface area contributed by atoms with Crippen molar-refractivity contribution in [2.24, 2.45) is 11.5 Å². The number of rotatable bonds is 3. The van der Waals surface area contributed by atoms with Crippen LogP contribution in [0.25, 0.3) is 0 Å². The van der Waals surface area contributed by atoms with Crippen molar-refractivity contribution in [3.8, 4) is 0 Å². The van der Waals surface area contributed by atoms with Crippen molar-refractivity contribution in [2.75, 3.05) is 5.75 Å². The predicted molar refractivity (Wildman–Crippen MR) is 38.0 cm³/mol. The van der Waals surface area contributed by atoms with E-state index in [-0.39, 0.29) is 0 Å². The van der Waals surface area contributed by atoms with Gasteiger partial charge in [-0.15, -0.1) is 0 Å². The maximum absolute atomic E-state index is 10.2. The highest BCUT2D eigenvalue weighted by Crippen LogP contribution is 1.90. The highest BCUT2D eigenvalue weighted by atomic mass is 32.2. The van der Waals surface area contributed by atoms with Crippen LogP contribution in [0.2, 0.25) is 0 Å². The lowest BCUT2D eigenvalue weighted by molar-refractivity contribution is 0.469. The molecule has 0 saturated heterocycles. The monoisotopic (exact) mass is 168 g/mol. The molecule has 0 aliphatic heterocycles. The van der Waals surface area contributed by atoms with Crippen LogP contribution in [0.5, 0.6) is 0 Å². The van der Waals surface area contributed by atoms with Gasteiger partial charge in [0.05, 0.1) is 5.75 Å². The third-order valence-electron chi connectivity index (χ3n) is 1.08. The number of hydrogen-bond donors (Lipinski definition) is 3. The van der Waals surface area contributed by atoms with Gasteiger partial charge in [0.1, 0.15) is 0 Å². The third kappa shape index (κ3) is 4.68. The molecule has 0 aromatic rings. The van der Waals surface area contributed by atoms with Crippen LogP contribution in [0.1, 0.15) is 6.92 Å². The van der Waals surface area contributed by atoms with Gasteiger partial charge in [0.15, 0.2) is 0 Å². The lowest BCUT2D eigenvalue weighted by Gasteiger charge is -2.12. The molecule has 0 heterocycles. The standard InChI is InChI=1S/C4H12N2O3S/c1-3(5)4(6)2-10(7,8)9/h3-4H,2,5-6H2,1H3,(H,7,8,9). The SMILES string of the molecule is CC(N)C(N)CS(=O)(=O)O. The average Bonchev–Trinajstić information content (AvgIpc) is 1.60. The molecule has 0 bridgehead atoms. The summed E-state index contributed by atoms with van der Waals surface area (Å²) >= 11 is 0. The molecule has 0 aliphatic carbocycles. The van der Waals surface area contributed by atoms with Gasteiger partial charge in [-0.05, 0) is 6.92 Å². The fourth-order valence-corrected chi connectivity index (χ4v) is 1.18. The molecule has 2 unspecified atom stereocenters. The summed E-state index contributed by atoms with van der Waals surface area (Å²) in [4.78, 5) is 0. The van der Waals surface area contributed by atoms with E-state index in [9.17, 15) is 8.42 Å². The van der Waals surface area contributed by atoms with Crippen molar-refractivity contribution in [1.82, 2.24) is 0 Å². The normalized spacial score (nSPS) is 18.4. The quantitative estimate of drug-likeness (QED) is 0.447. The first kappa shape index (κ1) is 9.83. The lowest BCUT2D eigenvalue weighted by Crippen LogP contribution is -2.43. The molecule has 10 heavy (non-hydrogen) atoms. The Labute approximate surface area is 60.1 Å². The molecule has 0 amide bonds. The predicted octanol–water partition coefficient (Wildman–Crippen LogP) is -1.45. The summed E-state index contributed by atoms with van der Waals surface area (Å²) in [5, 5.41) is 0. The molecule has 62 valence electrons. The van der Waals surface area contributed by atoms with Gasteiger partial charge in [0, 0.05) is 12.1 Å². The third-order valence-corrected chi connectivity index (χ3v) is 1.88. The molecule has 0 rings (SSSR count). The van der Waals surface area contributed by atoms with Gasteiger partial charge in [0.2, 0.25) is 0 Å². The van der Waals surface area contributed by atoms with Gasteiger partial charge in [-0.3, -0.25) is 4.55 Å². The summed E-state index contributed by atoms with van der Waals surface area (Å²) in [5.41, 5.74) is 10.5. The molecule has 0 saturated carbocycles. The second-order valence-corrected chi connectivity index (χ2v) is 3.77. The molecule has 5 nitrogen and oxygen atoms in total. The fraction of sp³-hybridized carbons (Fsp3) is 1.00. The minimum Gasteiger partial charge on any atom is -0.327 e. The number of nitrogens with two attached hydrogens (primary N) is 2. The van der Waals surface area contributed by atoms with Gasteiger partial charge >= 0.3 is 0 Å². The highest BCUT2D eigenvalue weighted by molar-refractivity contribution is 7.85. The van der Waals surface area contributed by atoms with Crippen LogP contribution in [0.15, 0.2) is 0 Å². The molecule has 6 heteroatoms. The summed E-state index contributed by atoms with van der Waals surface area (Å²) in [6, 6.07) is -1.13. The summed E-state index contributed by atoms with van der Waals surface area (Å²) < 4.78 is 28.6. The molecule has 5 N–H and O–H groups in total. The van der Waals surface area contributed by atoms with E-state index in [1.54, 1.807) is 6.92 Å². The van der Waals surface area contributed by atoms with Crippen molar-refractivity contribution in [3.63, 3.8) is 0 Å². The lowest BCUT2D eigenvalue weighted by atomic mass is 10.2. The zero-order chi connectivity index (χ0) is 8.36. The van der Waals surface area contributed by atoms with E-state index in [1.807, 2.05) is 0 Å². The van der Waals surface area contributed by atoms with Crippen LogP contribution in [0, 0.1) is 0 Å². The van der Waals surface area contributed by atoms with Gasteiger partial charge in [-0.1, -0.05) is 0 Å². The Hall–Kier alpha value is -0.170. The first-order valence-electron chi connectivity index (χ1n) is 2.79. The van der Waals surface area contributed by atoms with Crippen LogP contribution in [-0.2, 0) is 10.1 Å². The Balaban J connectivity index is 3.93. The molecular weight excluding hydrogens is 156 g/mol. The summed E-state index contributed by atoms with van der Waals surface area (Å²) in [5.74, 6) is -0.481. The summed E-state index contributed by atoms with van der Waals surface area (Å²) in [6.07, 6.45) is 0. The van der Waals surface area contributed by atoms with E-state index < -0.39 is 28.0 Å². The van der Waals surface area contributed by atoms with E-state index in [2.05, 4.69) is 0 Å². The van der Waals surface area contributed by atoms with E-state index >= 15 is 0 Å². The van der Waals surface area contributed by atoms with Gasteiger partial charge < -0.3 is 11.5 Å². The van der Waals surface area contributed by atoms with E-state index in [4.69, 9.17) is 16.0 Å². The van der Waals surface area contributed by atoms with Crippen LogP contribution in [0.3, 0.4) is 0 Å². The van der Waals surface area contributed by atoms with E-state index in [0.717, 1.165) is 0 Å². The maximum atomic E-state index is 10.2. The van der Waals surface area contributed by atoms with Crippen LogP contribution in [0.4, 0.5) is 0 Å². The van der Waals surface area contributed by atoms with Crippen LogP contribution >= 0.6 is 0 Å². The first-order chi connectivity index (χ1) is 4.33. The Bertz CT molecular complexity index is 187. The van der Waals surface area contributed by atoms with E-state index in [0.29, 0.717) is 0 Å². The van der Waals surface area contributed by atoms with Crippen molar-refractivity contribution in [2.45, 2.75) is 19.0 Å². The number of hydrogen-bond acceptors (Lipinski definition) is 4. The smallest absolute Gasteiger partial charge is 0.266 e. The molecule has 0 spiro atoms. The topological polar surface area (TPSA) is 106 Å². The molecule has 2 atom stereocenters. The van der Waals surface area contributed by atoms with Gasteiger partial charge in [0.25, 0.3) is 10.1 Å². The molecule has 0 fully saturated rings. The molecule has 0 aromatic heterocycles. The summed E-state index contributed by atoms with van der Waals surface area (Å²) in [6.45, 7) is 1.58. The highest BCUT2D eigenvalue weighted by Gasteiger charge is 2.15. The maximum Gasteiger partial charge on any atom is 0.266 e. The first-order valence-corrected chi connectivity index (χ1v) is 4.40. The second kappa shape index (κ2) is 3.29. The molecular formula is C4H12N2O3S. The zero-order valence-electron chi connectivity index (χ0n) is 5.69. The fourth-order valence-electron chi connectivity index (χ4n) is 0.395. The minimum absolute atomic E-state index is 0.429. The van der Waals surface area contributed by atoms with Gasteiger partial charge in [-0.2, -0.15) is 8.42 Å². The second-order valence-electron chi connectivity index (χ2n) is 2.27. The Kier molecular flexibility index (Phi) is 3.23. The van der Waals surface area contributed by atoms with Crippen molar-refractivity contribution in [3.05, 3.63) is 0 Å². The molecule has 0 radical (unpaired) electrons. The zero-order valence-corrected chi connectivity index (χ0v) is 6.50. The molecule has 0 aliphatic rings. The Morgan fingerprint density at radius 1 is 1.50 bits per heavy atom. The van der Waals surface area contributed by atoms with E-state index in [1.165, 1.54) is 0 Å². The van der Waals surface area contributed by atoms with Crippen LogP contribution < -0.4 is 11.5 Å². The van der Waals surface area contributed by atoms with Crippen molar-refractivity contribution >= 4 is 10.1 Å². The Morgan fingerprint density at radius 2 is 1.90 bits per heavy atom.